The quantitative estimate of drug-likeness (QED) is 0.715. The van der Waals surface area contributed by atoms with Crippen LogP contribution in [0, 0.1) is 6.92 Å². The van der Waals surface area contributed by atoms with Crippen LogP contribution in [0.25, 0.3) is 0 Å². The van der Waals surface area contributed by atoms with Gasteiger partial charge in [0, 0.05) is 19.3 Å². The molecule has 0 bridgehead atoms. The van der Waals surface area contributed by atoms with E-state index in [1.54, 1.807) is 7.11 Å². The van der Waals surface area contributed by atoms with E-state index in [4.69, 9.17) is 9.47 Å². The Morgan fingerprint density at radius 3 is 2.80 bits per heavy atom. The lowest BCUT2D eigenvalue weighted by Gasteiger charge is -2.10. The number of hydrogen-bond donors (Lipinski definition) is 1. The summed E-state index contributed by atoms with van der Waals surface area (Å²) in [6.45, 7) is 3.83. The van der Waals surface area contributed by atoms with E-state index in [1.165, 1.54) is 0 Å². The molecule has 0 radical (unpaired) electrons. The largest absolute Gasteiger partial charge is 0.489 e. The standard InChI is InChI=1S/C11H18N2O2/c1-9-4-5-11(15-7-6-14-3)10(13-9)8-12-2/h4-5,12H,6-8H2,1-3H3. The maximum atomic E-state index is 5.56. The lowest BCUT2D eigenvalue weighted by Crippen LogP contribution is -2.12. The number of hydrogen-bond acceptors (Lipinski definition) is 4. The Morgan fingerprint density at radius 1 is 1.33 bits per heavy atom. The van der Waals surface area contributed by atoms with Crippen LogP contribution in [0.2, 0.25) is 0 Å². The number of ether oxygens (including phenoxy) is 2. The third-order valence-corrected chi connectivity index (χ3v) is 1.96. The van der Waals surface area contributed by atoms with Gasteiger partial charge in [-0.2, -0.15) is 0 Å². The van der Waals surface area contributed by atoms with Crippen molar-refractivity contribution in [2.45, 2.75) is 13.5 Å². The summed E-state index contributed by atoms with van der Waals surface area (Å²) in [7, 11) is 3.55. The van der Waals surface area contributed by atoms with E-state index in [1.807, 2.05) is 26.1 Å². The summed E-state index contributed by atoms with van der Waals surface area (Å²) in [6, 6.07) is 3.89. The molecule has 0 spiro atoms. The number of pyridine rings is 1. The van der Waals surface area contributed by atoms with E-state index in [-0.39, 0.29) is 0 Å². The third kappa shape index (κ3) is 3.85. The van der Waals surface area contributed by atoms with Gasteiger partial charge in [-0.1, -0.05) is 0 Å². The third-order valence-electron chi connectivity index (χ3n) is 1.96. The fraction of sp³-hybridized carbons (Fsp3) is 0.545. The molecular weight excluding hydrogens is 192 g/mol. The molecule has 1 rings (SSSR count). The summed E-state index contributed by atoms with van der Waals surface area (Å²) in [5.41, 5.74) is 1.94. The number of methoxy groups -OCH3 is 1. The first-order valence-corrected chi connectivity index (χ1v) is 5.00. The van der Waals surface area contributed by atoms with Crippen molar-refractivity contribution in [2.75, 3.05) is 27.4 Å². The molecule has 4 nitrogen and oxygen atoms in total. The fourth-order valence-electron chi connectivity index (χ4n) is 1.26. The summed E-state index contributed by atoms with van der Waals surface area (Å²) < 4.78 is 10.5. The van der Waals surface area contributed by atoms with Crippen molar-refractivity contribution < 1.29 is 9.47 Å². The zero-order chi connectivity index (χ0) is 11.1. The van der Waals surface area contributed by atoms with Crippen LogP contribution in [-0.4, -0.2) is 32.4 Å². The van der Waals surface area contributed by atoms with Crippen LogP contribution in [0.1, 0.15) is 11.4 Å². The van der Waals surface area contributed by atoms with Gasteiger partial charge in [-0.15, -0.1) is 0 Å². The monoisotopic (exact) mass is 210 g/mol. The van der Waals surface area contributed by atoms with Crippen molar-refractivity contribution in [2.24, 2.45) is 0 Å². The molecule has 0 atom stereocenters. The van der Waals surface area contributed by atoms with E-state index in [0.29, 0.717) is 19.8 Å². The Labute approximate surface area is 90.6 Å². The zero-order valence-electron chi connectivity index (χ0n) is 9.54. The lowest BCUT2D eigenvalue weighted by molar-refractivity contribution is 0.145. The number of nitrogens with one attached hydrogen (secondary N) is 1. The summed E-state index contributed by atoms with van der Waals surface area (Å²) in [6.07, 6.45) is 0. The number of rotatable bonds is 6. The first kappa shape index (κ1) is 11.9. The number of aromatic nitrogens is 1. The Balaban J connectivity index is 2.67. The van der Waals surface area contributed by atoms with Crippen LogP contribution in [0.3, 0.4) is 0 Å². The molecule has 0 amide bonds. The molecule has 0 aliphatic rings. The molecule has 84 valence electrons. The highest BCUT2D eigenvalue weighted by Crippen LogP contribution is 2.16. The van der Waals surface area contributed by atoms with Gasteiger partial charge in [0.05, 0.1) is 12.3 Å². The molecule has 1 heterocycles. The van der Waals surface area contributed by atoms with Crippen LogP contribution >= 0.6 is 0 Å². The van der Waals surface area contributed by atoms with Crippen LogP contribution in [0.4, 0.5) is 0 Å². The Bertz CT molecular complexity index is 303. The first-order valence-electron chi connectivity index (χ1n) is 5.00. The molecule has 0 aromatic carbocycles. The predicted molar refractivity (Wildman–Crippen MR) is 59.1 cm³/mol. The maximum Gasteiger partial charge on any atom is 0.142 e. The fourth-order valence-corrected chi connectivity index (χ4v) is 1.26. The average molecular weight is 210 g/mol. The van der Waals surface area contributed by atoms with Gasteiger partial charge in [0.25, 0.3) is 0 Å². The van der Waals surface area contributed by atoms with Gasteiger partial charge in [-0.25, -0.2) is 0 Å². The maximum absolute atomic E-state index is 5.56. The molecular formula is C11H18N2O2. The van der Waals surface area contributed by atoms with Gasteiger partial charge >= 0.3 is 0 Å². The summed E-state index contributed by atoms with van der Waals surface area (Å²) in [5.74, 6) is 0.826. The minimum Gasteiger partial charge on any atom is -0.489 e. The Morgan fingerprint density at radius 2 is 2.13 bits per heavy atom. The highest BCUT2D eigenvalue weighted by molar-refractivity contribution is 5.29. The second-order valence-corrected chi connectivity index (χ2v) is 3.27. The Kier molecular flexibility index (Phi) is 5.07. The number of nitrogens with zero attached hydrogens (tertiary/aromatic N) is 1. The van der Waals surface area contributed by atoms with Crippen molar-refractivity contribution in [1.29, 1.82) is 0 Å². The van der Waals surface area contributed by atoms with Crippen LogP contribution in [-0.2, 0) is 11.3 Å². The van der Waals surface area contributed by atoms with Gasteiger partial charge in [0.15, 0.2) is 0 Å². The summed E-state index contributed by atoms with van der Waals surface area (Å²) in [4.78, 5) is 4.41. The van der Waals surface area contributed by atoms with E-state index >= 15 is 0 Å². The van der Waals surface area contributed by atoms with E-state index in [0.717, 1.165) is 17.1 Å². The molecule has 1 N–H and O–H groups in total. The minimum absolute atomic E-state index is 0.554. The minimum atomic E-state index is 0.554. The molecule has 0 saturated carbocycles. The zero-order valence-corrected chi connectivity index (χ0v) is 9.54. The van der Waals surface area contributed by atoms with E-state index in [9.17, 15) is 0 Å². The SMILES string of the molecule is CNCc1nc(C)ccc1OCCOC. The van der Waals surface area contributed by atoms with Crippen molar-refractivity contribution in [3.63, 3.8) is 0 Å². The molecule has 1 aromatic heterocycles. The van der Waals surface area contributed by atoms with E-state index < -0.39 is 0 Å². The van der Waals surface area contributed by atoms with Crippen LogP contribution < -0.4 is 10.1 Å². The van der Waals surface area contributed by atoms with Gasteiger partial charge < -0.3 is 14.8 Å². The van der Waals surface area contributed by atoms with Crippen LogP contribution in [0.15, 0.2) is 12.1 Å². The van der Waals surface area contributed by atoms with Crippen LogP contribution in [0.5, 0.6) is 5.75 Å². The van der Waals surface area contributed by atoms with Crippen molar-refractivity contribution in [1.82, 2.24) is 10.3 Å². The lowest BCUT2D eigenvalue weighted by atomic mass is 10.3. The highest BCUT2D eigenvalue weighted by atomic mass is 16.5. The van der Waals surface area contributed by atoms with Gasteiger partial charge in [-0.3, -0.25) is 4.98 Å². The smallest absolute Gasteiger partial charge is 0.142 e. The molecule has 0 fully saturated rings. The Hall–Kier alpha value is -1.13. The van der Waals surface area contributed by atoms with Gasteiger partial charge in [0.2, 0.25) is 0 Å². The molecule has 0 unspecified atom stereocenters. The summed E-state index contributed by atoms with van der Waals surface area (Å²) in [5, 5.41) is 3.07. The number of aryl methyl sites for hydroxylation is 1. The molecule has 15 heavy (non-hydrogen) atoms. The highest BCUT2D eigenvalue weighted by Gasteiger charge is 2.04. The van der Waals surface area contributed by atoms with Crippen molar-refractivity contribution >= 4 is 0 Å². The normalized spacial score (nSPS) is 10.3. The second-order valence-electron chi connectivity index (χ2n) is 3.27. The van der Waals surface area contributed by atoms with Gasteiger partial charge in [-0.05, 0) is 26.1 Å². The molecule has 1 aromatic rings. The van der Waals surface area contributed by atoms with Crippen molar-refractivity contribution in [3.8, 4) is 5.75 Å². The van der Waals surface area contributed by atoms with Crippen molar-refractivity contribution in [3.05, 3.63) is 23.5 Å². The topological polar surface area (TPSA) is 43.4 Å². The molecule has 4 heteroatoms. The molecule has 0 saturated heterocycles. The molecule has 0 aliphatic heterocycles. The average Bonchev–Trinajstić information content (AvgIpc) is 2.22. The van der Waals surface area contributed by atoms with Gasteiger partial charge in [0.1, 0.15) is 12.4 Å². The summed E-state index contributed by atoms with van der Waals surface area (Å²) >= 11 is 0. The molecule has 0 aliphatic carbocycles. The predicted octanol–water partition coefficient (Wildman–Crippen LogP) is 1.13. The van der Waals surface area contributed by atoms with E-state index in [2.05, 4.69) is 10.3 Å². The second kappa shape index (κ2) is 6.37. The first-order chi connectivity index (χ1) is 7.27.